The highest BCUT2D eigenvalue weighted by molar-refractivity contribution is 6.35. The van der Waals surface area contributed by atoms with Crippen molar-refractivity contribution in [1.29, 1.82) is 0 Å². The van der Waals surface area contributed by atoms with Crippen molar-refractivity contribution in [1.82, 2.24) is 10.3 Å². The fourth-order valence-corrected chi connectivity index (χ4v) is 3.77. The fraction of sp³-hybridized carbons (Fsp3) is 0.625. The van der Waals surface area contributed by atoms with Gasteiger partial charge < -0.3 is 0 Å². The molecule has 5 heteroatoms. The number of nitrogens with one attached hydrogen (secondary N) is 1. The van der Waals surface area contributed by atoms with Crippen LogP contribution in [0.4, 0.5) is 0 Å². The first-order chi connectivity index (χ1) is 10.0. The van der Waals surface area contributed by atoms with Crippen LogP contribution in [0.15, 0.2) is 18.2 Å². The molecule has 2 unspecified atom stereocenters. The second kappa shape index (κ2) is 7.30. The van der Waals surface area contributed by atoms with Crippen LogP contribution in [0.25, 0.3) is 0 Å². The lowest BCUT2D eigenvalue weighted by Crippen LogP contribution is -2.61. The van der Waals surface area contributed by atoms with E-state index in [0.717, 1.165) is 31.5 Å². The van der Waals surface area contributed by atoms with Crippen molar-refractivity contribution in [2.24, 2.45) is 5.84 Å². The highest BCUT2D eigenvalue weighted by Crippen LogP contribution is 2.31. The lowest BCUT2D eigenvalue weighted by atomic mass is 9.84. The first-order valence-corrected chi connectivity index (χ1v) is 8.42. The Morgan fingerprint density at radius 2 is 2.00 bits per heavy atom. The van der Waals surface area contributed by atoms with Crippen LogP contribution in [0.5, 0.6) is 0 Å². The molecule has 0 aliphatic carbocycles. The molecule has 3 N–H and O–H groups in total. The van der Waals surface area contributed by atoms with E-state index in [4.69, 9.17) is 29.0 Å². The van der Waals surface area contributed by atoms with E-state index < -0.39 is 0 Å². The summed E-state index contributed by atoms with van der Waals surface area (Å²) in [5, 5.41) is 1.38. The average molecular weight is 330 g/mol. The minimum atomic E-state index is 0.0359. The van der Waals surface area contributed by atoms with E-state index in [0.29, 0.717) is 10.0 Å². The number of nitrogens with zero attached hydrogens (tertiary/aromatic N) is 1. The Labute approximate surface area is 137 Å². The van der Waals surface area contributed by atoms with Gasteiger partial charge in [-0.2, -0.15) is 0 Å². The molecule has 0 aromatic heterocycles. The van der Waals surface area contributed by atoms with Crippen LogP contribution in [0, 0.1) is 0 Å². The summed E-state index contributed by atoms with van der Waals surface area (Å²) in [4.78, 5) is 2.56. The van der Waals surface area contributed by atoms with Crippen LogP contribution >= 0.6 is 23.2 Å². The highest BCUT2D eigenvalue weighted by Gasteiger charge is 2.39. The summed E-state index contributed by atoms with van der Waals surface area (Å²) in [6.45, 7) is 6.83. The van der Waals surface area contributed by atoms with Gasteiger partial charge in [0.05, 0.1) is 0 Å². The lowest BCUT2D eigenvalue weighted by Gasteiger charge is -2.44. The summed E-state index contributed by atoms with van der Waals surface area (Å²) in [5.74, 6) is 5.88. The summed E-state index contributed by atoms with van der Waals surface area (Å²) in [6, 6.07) is 5.83. The van der Waals surface area contributed by atoms with E-state index in [9.17, 15) is 0 Å². The predicted octanol–water partition coefficient (Wildman–Crippen LogP) is 3.63. The summed E-state index contributed by atoms with van der Waals surface area (Å²) in [7, 11) is 0. The van der Waals surface area contributed by atoms with Crippen LogP contribution in [-0.2, 0) is 6.42 Å². The largest absolute Gasteiger partial charge is 0.296 e. The van der Waals surface area contributed by atoms with E-state index in [-0.39, 0.29) is 11.6 Å². The fourth-order valence-electron chi connectivity index (χ4n) is 3.28. The van der Waals surface area contributed by atoms with Gasteiger partial charge in [-0.05, 0) is 63.4 Å². The Bertz CT molecular complexity index is 475. The molecule has 0 amide bonds. The summed E-state index contributed by atoms with van der Waals surface area (Å²) < 4.78 is 0. The van der Waals surface area contributed by atoms with Crippen molar-refractivity contribution in [2.75, 3.05) is 13.1 Å². The van der Waals surface area contributed by atoms with Gasteiger partial charge in [-0.3, -0.25) is 16.2 Å². The molecule has 0 spiro atoms. The molecule has 21 heavy (non-hydrogen) atoms. The van der Waals surface area contributed by atoms with Crippen molar-refractivity contribution in [2.45, 2.75) is 51.1 Å². The molecule has 1 saturated heterocycles. The molecule has 0 radical (unpaired) electrons. The van der Waals surface area contributed by atoms with Crippen LogP contribution in [0.1, 0.15) is 38.7 Å². The summed E-state index contributed by atoms with van der Waals surface area (Å²) in [5.41, 5.74) is 4.15. The molecule has 2 atom stereocenters. The molecule has 1 aromatic carbocycles. The maximum absolute atomic E-state index is 6.32. The van der Waals surface area contributed by atoms with Gasteiger partial charge in [-0.25, -0.2) is 0 Å². The molecule has 3 nitrogen and oxygen atoms in total. The standard InChI is InChI=1S/C16H25Cl2N3/c1-3-16(2,21-8-4-5-9-21)15(20-19)10-12-6-7-13(17)11-14(12)18/h6-7,11,15,20H,3-5,8-10,19H2,1-2H3. The number of hydrogen-bond donors (Lipinski definition) is 2. The normalized spacial score (nSPS) is 20.4. The van der Waals surface area contributed by atoms with Crippen LogP contribution in [-0.4, -0.2) is 29.6 Å². The molecular formula is C16H25Cl2N3. The second-order valence-electron chi connectivity index (χ2n) is 6.06. The van der Waals surface area contributed by atoms with Gasteiger partial charge in [0.25, 0.3) is 0 Å². The molecule has 0 saturated carbocycles. The van der Waals surface area contributed by atoms with Crippen molar-refractivity contribution < 1.29 is 0 Å². The van der Waals surface area contributed by atoms with E-state index in [1.165, 1.54) is 12.8 Å². The zero-order chi connectivity index (χ0) is 15.5. The topological polar surface area (TPSA) is 41.3 Å². The van der Waals surface area contributed by atoms with Gasteiger partial charge in [-0.15, -0.1) is 0 Å². The van der Waals surface area contributed by atoms with Gasteiger partial charge >= 0.3 is 0 Å². The Balaban J connectivity index is 2.20. The van der Waals surface area contributed by atoms with Gasteiger partial charge in [-0.1, -0.05) is 36.2 Å². The number of halogens is 2. The van der Waals surface area contributed by atoms with E-state index in [1.807, 2.05) is 12.1 Å². The van der Waals surface area contributed by atoms with Crippen molar-refractivity contribution in [3.05, 3.63) is 33.8 Å². The monoisotopic (exact) mass is 329 g/mol. The number of hydrazine groups is 1. The van der Waals surface area contributed by atoms with Crippen LogP contribution < -0.4 is 11.3 Å². The average Bonchev–Trinajstić information content (AvgIpc) is 3.00. The second-order valence-corrected chi connectivity index (χ2v) is 6.91. The van der Waals surface area contributed by atoms with Gasteiger partial charge in [0, 0.05) is 21.6 Å². The summed E-state index contributed by atoms with van der Waals surface area (Å²) >= 11 is 12.3. The number of rotatable bonds is 6. The van der Waals surface area contributed by atoms with Crippen molar-refractivity contribution >= 4 is 23.2 Å². The number of hydrogen-bond acceptors (Lipinski definition) is 3. The molecule has 118 valence electrons. The molecule has 1 aromatic rings. The quantitative estimate of drug-likeness (QED) is 0.618. The number of nitrogens with two attached hydrogens (primary N) is 1. The van der Waals surface area contributed by atoms with Crippen molar-refractivity contribution in [3.8, 4) is 0 Å². The lowest BCUT2D eigenvalue weighted by molar-refractivity contribution is 0.0841. The first-order valence-electron chi connectivity index (χ1n) is 7.66. The van der Waals surface area contributed by atoms with E-state index in [1.54, 1.807) is 6.07 Å². The molecule has 1 aliphatic heterocycles. The molecule has 2 rings (SSSR count). The van der Waals surface area contributed by atoms with Gasteiger partial charge in [0.2, 0.25) is 0 Å². The smallest absolute Gasteiger partial charge is 0.0453 e. The third kappa shape index (κ3) is 3.72. The third-order valence-electron chi connectivity index (χ3n) is 4.94. The Morgan fingerprint density at radius 3 is 2.52 bits per heavy atom. The maximum Gasteiger partial charge on any atom is 0.0453 e. The molecule has 0 bridgehead atoms. The van der Waals surface area contributed by atoms with E-state index in [2.05, 4.69) is 24.2 Å². The minimum Gasteiger partial charge on any atom is -0.296 e. The Morgan fingerprint density at radius 1 is 1.33 bits per heavy atom. The predicted molar refractivity (Wildman–Crippen MR) is 90.8 cm³/mol. The Hall–Kier alpha value is -0.320. The zero-order valence-electron chi connectivity index (χ0n) is 12.8. The third-order valence-corrected chi connectivity index (χ3v) is 5.52. The molecule has 1 fully saturated rings. The number of likely N-dealkylation sites (tertiary alicyclic amines) is 1. The SMILES string of the molecule is CCC(C)(C(Cc1ccc(Cl)cc1Cl)NN)N1CCCC1. The summed E-state index contributed by atoms with van der Waals surface area (Å²) in [6.07, 6.45) is 4.39. The van der Waals surface area contributed by atoms with Crippen molar-refractivity contribution in [3.63, 3.8) is 0 Å². The molecular weight excluding hydrogens is 305 g/mol. The minimum absolute atomic E-state index is 0.0359. The van der Waals surface area contributed by atoms with Gasteiger partial charge in [0.15, 0.2) is 0 Å². The Kier molecular flexibility index (Phi) is 5.92. The maximum atomic E-state index is 6.32. The first kappa shape index (κ1) is 17.0. The number of benzene rings is 1. The van der Waals surface area contributed by atoms with Crippen LogP contribution in [0.3, 0.4) is 0 Å². The van der Waals surface area contributed by atoms with E-state index >= 15 is 0 Å². The van der Waals surface area contributed by atoms with Crippen LogP contribution in [0.2, 0.25) is 10.0 Å². The van der Waals surface area contributed by atoms with Gasteiger partial charge in [0.1, 0.15) is 0 Å². The molecule has 1 heterocycles. The highest BCUT2D eigenvalue weighted by atomic mass is 35.5. The zero-order valence-corrected chi connectivity index (χ0v) is 14.3. The molecule has 1 aliphatic rings.